The monoisotopic (exact) mass is 333 g/mol. The van der Waals surface area contributed by atoms with Crippen molar-refractivity contribution in [2.45, 2.75) is 44.4 Å². The number of carbonyl (C=O) groups excluding carboxylic acids is 1. The summed E-state index contributed by atoms with van der Waals surface area (Å²) in [5, 5.41) is 9.26. The number of hydrogen-bond acceptors (Lipinski definition) is 2. The molecule has 2 aliphatic rings. The molecule has 2 unspecified atom stereocenters. The fraction of sp³-hybridized carbons (Fsp3) is 0.579. The van der Waals surface area contributed by atoms with E-state index in [2.05, 4.69) is 0 Å². The van der Waals surface area contributed by atoms with E-state index in [0.29, 0.717) is 19.5 Å². The van der Waals surface area contributed by atoms with Crippen LogP contribution in [0.25, 0.3) is 0 Å². The van der Waals surface area contributed by atoms with Gasteiger partial charge in [0.1, 0.15) is 5.82 Å². The lowest BCUT2D eigenvalue weighted by Gasteiger charge is -2.40. The van der Waals surface area contributed by atoms with Crippen LogP contribution < -0.4 is 0 Å². The van der Waals surface area contributed by atoms with Crippen molar-refractivity contribution in [1.82, 2.24) is 4.90 Å². The molecule has 2 fully saturated rings. The van der Waals surface area contributed by atoms with Crippen molar-refractivity contribution in [2.75, 3.05) is 13.1 Å². The minimum Gasteiger partial charge on any atom is -0.481 e. The summed E-state index contributed by atoms with van der Waals surface area (Å²) in [7, 11) is 0. The van der Waals surface area contributed by atoms with Gasteiger partial charge in [-0.3, -0.25) is 9.59 Å². The summed E-state index contributed by atoms with van der Waals surface area (Å²) in [6.07, 6.45) is 3.89. The molecule has 1 aliphatic carbocycles. The van der Waals surface area contributed by atoms with E-state index in [-0.39, 0.29) is 23.6 Å². The molecule has 1 saturated heterocycles. The Morgan fingerprint density at radius 3 is 2.58 bits per heavy atom. The lowest BCUT2D eigenvalue weighted by atomic mass is 9.76. The van der Waals surface area contributed by atoms with E-state index < -0.39 is 11.4 Å². The van der Waals surface area contributed by atoms with Gasteiger partial charge in [-0.15, -0.1) is 0 Å². The number of carbonyl (C=O) groups is 2. The van der Waals surface area contributed by atoms with Crippen LogP contribution in [0.2, 0.25) is 0 Å². The third-order valence-corrected chi connectivity index (χ3v) is 5.75. The van der Waals surface area contributed by atoms with Gasteiger partial charge in [-0.25, -0.2) is 4.39 Å². The third kappa shape index (κ3) is 2.92. The smallest absolute Gasteiger partial charge is 0.306 e. The fourth-order valence-electron chi connectivity index (χ4n) is 4.39. The summed E-state index contributed by atoms with van der Waals surface area (Å²) in [5.74, 6) is -1.50. The summed E-state index contributed by atoms with van der Waals surface area (Å²) in [6.45, 7) is 2.83. The van der Waals surface area contributed by atoms with Crippen molar-refractivity contribution in [2.24, 2.45) is 11.8 Å². The first-order chi connectivity index (χ1) is 11.4. The largest absolute Gasteiger partial charge is 0.481 e. The second-order valence-electron chi connectivity index (χ2n) is 7.26. The summed E-state index contributed by atoms with van der Waals surface area (Å²) < 4.78 is 13.7. The molecule has 1 aromatic carbocycles. The number of halogens is 1. The topological polar surface area (TPSA) is 57.6 Å². The summed E-state index contributed by atoms with van der Waals surface area (Å²) >= 11 is 0. The molecular formula is C19H24FNO3. The van der Waals surface area contributed by atoms with Gasteiger partial charge in [0, 0.05) is 13.1 Å². The number of carboxylic acid groups (broad SMARTS) is 1. The van der Waals surface area contributed by atoms with E-state index in [4.69, 9.17) is 0 Å². The second-order valence-corrected chi connectivity index (χ2v) is 7.26. The maximum atomic E-state index is 13.7. The van der Waals surface area contributed by atoms with Crippen LogP contribution in [0.1, 0.15) is 44.6 Å². The molecule has 1 heterocycles. The highest BCUT2D eigenvalue weighted by molar-refractivity contribution is 5.89. The molecule has 0 bridgehead atoms. The van der Waals surface area contributed by atoms with Gasteiger partial charge in [0.25, 0.3) is 0 Å². The molecule has 1 aromatic rings. The van der Waals surface area contributed by atoms with Gasteiger partial charge < -0.3 is 10.0 Å². The molecule has 1 aliphatic heterocycles. The van der Waals surface area contributed by atoms with E-state index >= 15 is 0 Å². The van der Waals surface area contributed by atoms with Crippen molar-refractivity contribution < 1.29 is 19.1 Å². The van der Waals surface area contributed by atoms with Crippen LogP contribution in [0.15, 0.2) is 24.3 Å². The highest BCUT2D eigenvalue weighted by atomic mass is 19.1. The standard InChI is InChI=1S/C19H24FNO3/c1-13-12-21(10-7-16(13)17(22)23)18(24)19(8-2-3-9-19)14-5-4-6-15(20)11-14/h4-6,11,13,16H,2-3,7-10,12H2,1H3,(H,22,23). The number of carboxylic acids is 1. The van der Waals surface area contributed by atoms with Crippen LogP contribution in [-0.2, 0) is 15.0 Å². The Labute approximate surface area is 141 Å². The average molecular weight is 333 g/mol. The Bertz CT molecular complexity index is 639. The van der Waals surface area contributed by atoms with Crippen molar-refractivity contribution in [3.63, 3.8) is 0 Å². The first kappa shape index (κ1) is 16.9. The van der Waals surface area contributed by atoms with Crippen molar-refractivity contribution >= 4 is 11.9 Å². The number of nitrogens with zero attached hydrogens (tertiary/aromatic N) is 1. The Morgan fingerprint density at radius 2 is 2.00 bits per heavy atom. The molecule has 3 rings (SSSR count). The van der Waals surface area contributed by atoms with Crippen LogP contribution >= 0.6 is 0 Å². The SMILES string of the molecule is CC1CN(C(=O)C2(c3cccc(F)c3)CCCC2)CCC1C(=O)O. The van der Waals surface area contributed by atoms with E-state index in [1.54, 1.807) is 11.0 Å². The zero-order valence-corrected chi connectivity index (χ0v) is 14.0. The van der Waals surface area contributed by atoms with Crippen molar-refractivity contribution in [3.05, 3.63) is 35.6 Å². The van der Waals surface area contributed by atoms with E-state index in [0.717, 1.165) is 31.2 Å². The fourth-order valence-corrected chi connectivity index (χ4v) is 4.39. The maximum Gasteiger partial charge on any atom is 0.306 e. The molecule has 0 radical (unpaired) electrons. The predicted octanol–water partition coefficient (Wildman–Crippen LogP) is 3.21. The first-order valence-electron chi connectivity index (χ1n) is 8.72. The number of benzene rings is 1. The van der Waals surface area contributed by atoms with Gasteiger partial charge >= 0.3 is 5.97 Å². The molecule has 24 heavy (non-hydrogen) atoms. The lowest BCUT2D eigenvalue weighted by molar-refractivity contribution is -0.150. The molecule has 0 spiro atoms. The number of piperidine rings is 1. The molecule has 5 heteroatoms. The molecule has 130 valence electrons. The Balaban J connectivity index is 1.85. The van der Waals surface area contributed by atoms with E-state index in [1.165, 1.54) is 12.1 Å². The second kappa shape index (κ2) is 6.54. The molecule has 2 atom stereocenters. The van der Waals surface area contributed by atoms with Crippen LogP contribution in [0.4, 0.5) is 4.39 Å². The zero-order chi connectivity index (χ0) is 17.3. The van der Waals surface area contributed by atoms with Gasteiger partial charge in [-0.05, 0) is 42.9 Å². The van der Waals surface area contributed by atoms with Crippen molar-refractivity contribution in [1.29, 1.82) is 0 Å². The van der Waals surface area contributed by atoms with Crippen LogP contribution in [0, 0.1) is 17.7 Å². The molecule has 4 nitrogen and oxygen atoms in total. The van der Waals surface area contributed by atoms with Gasteiger partial charge in [0.2, 0.25) is 5.91 Å². The summed E-state index contributed by atoms with van der Waals surface area (Å²) in [5.41, 5.74) is 0.121. The molecule has 0 aromatic heterocycles. The van der Waals surface area contributed by atoms with Crippen LogP contribution in [0.3, 0.4) is 0 Å². The Kier molecular flexibility index (Phi) is 4.61. The summed E-state index contributed by atoms with van der Waals surface area (Å²) in [6, 6.07) is 6.39. The zero-order valence-electron chi connectivity index (χ0n) is 14.0. The molecule has 1 amide bonds. The predicted molar refractivity (Wildman–Crippen MR) is 88.0 cm³/mol. The average Bonchev–Trinajstić information content (AvgIpc) is 3.04. The highest BCUT2D eigenvalue weighted by Crippen LogP contribution is 2.43. The Hall–Kier alpha value is -1.91. The molecular weight excluding hydrogens is 309 g/mol. The molecule has 1 saturated carbocycles. The maximum absolute atomic E-state index is 13.7. The third-order valence-electron chi connectivity index (χ3n) is 5.75. The van der Waals surface area contributed by atoms with Crippen LogP contribution in [0.5, 0.6) is 0 Å². The number of aliphatic carboxylic acids is 1. The summed E-state index contributed by atoms with van der Waals surface area (Å²) in [4.78, 5) is 26.4. The lowest BCUT2D eigenvalue weighted by Crippen LogP contribution is -2.51. The van der Waals surface area contributed by atoms with E-state index in [1.807, 2.05) is 13.0 Å². The number of likely N-dealkylation sites (tertiary alicyclic amines) is 1. The van der Waals surface area contributed by atoms with Crippen LogP contribution in [-0.4, -0.2) is 35.0 Å². The minimum absolute atomic E-state index is 0.0429. The van der Waals surface area contributed by atoms with Gasteiger partial charge in [-0.1, -0.05) is 31.9 Å². The van der Waals surface area contributed by atoms with Gasteiger partial charge in [0.05, 0.1) is 11.3 Å². The van der Waals surface area contributed by atoms with Gasteiger partial charge in [-0.2, -0.15) is 0 Å². The van der Waals surface area contributed by atoms with E-state index in [9.17, 15) is 19.1 Å². The van der Waals surface area contributed by atoms with Crippen molar-refractivity contribution in [3.8, 4) is 0 Å². The first-order valence-corrected chi connectivity index (χ1v) is 8.72. The highest BCUT2D eigenvalue weighted by Gasteiger charge is 2.46. The van der Waals surface area contributed by atoms with Gasteiger partial charge in [0.15, 0.2) is 0 Å². The number of rotatable bonds is 3. The minimum atomic E-state index is -0.782. The number of amides is 1. The molecule has 1 N–H and O–H groups in total. The Morgan fingerprint density at radius 1 is 1.29 bits per heavy atom. The quantitative estimate of drug-likeness (QED) is 0.924. The number of hydrogen-bond donors (Lipinski definition) is 1. The normalized spacial score (nSPS) is 26.3.